The van der Waals surface area contributed by atoms with Gasteiger partial charge in [-0.1, -0.05) is 0 Å². The molecule has 0 spiro atoms. The molecule has 2 aliphatic rings. The SMILES string of the molecule is CC(=O)OCC1OC(OC(C)=O)C(N2C(=O)C(C)=C(C)C2=O)C(O)C1OC(C)=O. The average Bonchev–Trinajstić information content (AvgIpc) is 2.79. The standard InChI is InChI=1S/C18H23NO10/c1-7-8(2)17(25)19(16(7)24)13-14(23)15(27-10(4)21)12(6-26-9(3)20)29-18(13)28-11(5)22/h12-15,18,23H,6H2,1-5H3. The molecule has 0 aliphatic carbocycles. The summed E-state index contributed by atoms with van der Waals surface area (Å²) in [7, 11) is 0. The van der Waals surface area contributed by atoms with Gasteiger partial charge in [0.15, 0.2) is 6.10 Å². The third kappa shape index (κ3) is 4.62. The molecule has 11 nitrogen and oxygen atoms in total. The molecule has 0 aromatic carbocycles. The van der Waals surface area contributed by atoms with Crippen LogP contribution in [0.2, 0.25) is 0 Å². The molecule has 11 heteroatoms. The predicted octanol–water partition coefficient (Wildman–Crippen LogP) is -0.796. The summed E-state index contributed by atoms with van der Waals surface area (Å²) in [5, 5.41) is 10.9. The van der Waals surface area contributed by atoms with E-state index in [2.05, 4.69) is 0 Å². The Morgan fingerprint density at radius 1 is 0.966 bits per heavy atom. The molecule has 2 amide bonds. The van der Waals surface area contributed by atoms with Crippen molar-refractivity contribution in [3.8, 4) is 0 Å². The molecule has 1 saturated heterocycles. The van der Waals surface area contributed by atoms with Crippen LogP contribution in [0.3, 0.4) is 0 Å². The van der Waals surface area contributed by atoms with E-state index in [4.69, 9.17) is 18.9 Å². The van der Waals surface area contributed by atoms with Gasteiger partial charge in [-0.05, 0) is 13.8 Å². The molecular weight excluding hydrogens is 390 g/mol. The highest BCUT2D eigenvalue weighted by atomic mass is 16.7. The predicted molar refractivity (Wildman–Crippen MR) is 92.6 cm³/mol. The summed E-state index contributed by atoms with van der Waals surface area (Å²) < 4.78 is 20.7. The zero-order chi connectivity index (χ0) is 22.0. The van der Waals surface area contributed by atoms with Crippen LogP contribution in [0.25, 0.3) is 0 Å². The largest absolute Gasteiger partial charge is 0.463 e. The van der Waals surface area contributed by atoms with Crippen LogP contribution in [0, 0.1) is 0 Å². The quantitative estimate of drug-likeness (QED) is 0.345. The third-order valence-corrected chi connectivity index (χ3v) is 4.62. The minimum Gasteiger partial charge on any atom is -0.463 e. The molecule has 0 bridgehead atoms. The van der Waals surface area contributed by atoms with Gasteiger partial charge in [0.05, 0.1) is 0 Å². The number of hydrogen-bond donors (Lipinski definition) is 1. The molecule has 5 atom stereocenters. The fourth-order valence-electron chi connectivity index (χ4n) is 3.16. The highest BCUT2D eigenvalue weighted by molar-refractivity contribution is 6.19. The topological polar surface area (TPSA) is 146 Å². The number of aliphatic hydroxyl groups excluding tert-OH is 1. The zero-order valence-corrected chi connectivity index (χ0v) is 16.7. The molecule has 0 radical (unpaired) electrons. The lowest BCUT2D eigenvalue weighted by atomic mass is 9.95. The van der Waals surface area contributed by atoms with Crippen LogP contribution >= 0.6 is 0 Å². The summed E-state index contributed by atoms with van der Waals surface area (Å²) in [5.41, 5.74) is 0.324. The monoisotopic (exact) mass is 413 g/mol. The Labute approximate surface area is 166 Å². The first kappa shape index (κ1) is 22.5. The van der Waals surface area contributed by atoms with Gasteiger partial charge in [-0.2, -0.15) is 0 Å². The highest BCUT2D eigenvalue weighted by Crippen LogP contribution is 2.33. The molecule has 2 heterocycles. The number of carbonyl (C=O) groups excluding carboxylic acids is 5. The molecule has 2 aliphatic heterocycles. The van der Waals surface area contributed by atoms with Gasteiger partial charge in [0.2, 0.25) is 6.29 Å². The van der Waals surface area contributed by atoms with E-state index >= 15 is 0 Å². The Morgan fingerprint density at radius 2 is 1.48 bits per heavy atom. The van der Waals surface area contributed by atoms with Crippen LogP contribution in [-0.4, -0.2) is 77.0 Å². The van der Waals surface area contributed by atoms with E-state index in [0.29, 0.717) is 0 Å². The van der Waals surface area contributed by atoms with Crippen LogP contribution in [0.1, 0.15) is 34.6 Å². The number of rotatable bonds is 5. The van der Waals surface area contributed by atoms with E-state index in [-0.39, 0.29) is 11.1 Å². The van der Waals surface area contributed by atoms with Crippen molar-refractivity contribution in [2.24, 2.45) is 0 Å². The normalized spacial score (nSPS) is 29.7. The fraction of sp³-hybridized carbons (Fsp3) is 0.611. The van der Waals surface area contributed by atoms with Gasteiger partial charge in [0.1, 0.15) is 24.9 Å². The molecule has 2 rings (SSSR count). The molecule has 0 aromatic heterocycles. The summed E-state index contributed by atoms with van der Waals surface area (Å²) in [5.74, 6) is -3.63. The third-order valence-electron chi connectivity index (χ3n) is 4.62. The van der Waals surface area contributed by atoms with Gasteiger partial charge in [0, 0.05) is 31.9 Å². The van der Waals surface area contributed by atoms with Crippen LogP contribution in [-0.2, 0) is 42.9 Å². The lowest BCUT2D eigenvalue weighted by Crippen LogP contribution is -2.67. The maximum atomic E-state index is 12.6. The van der Waals surface area contributed by atoms with Crippen molar-refractivity contribution < 1.29 is 48.0 Å². The van der Waals surface area contributed by atoms with Crippen LogP contribution in [0.15, 0.2) is 11.1 Å². The first-order chi connectivity index (χ1) is 13.5. The number of hydrogen-bond acceptors (Lipinski definition) is 10. The fourth-order valence-corrected chi connectivity index (χ4v) is 3.16. The maximum Gasteiger partial charge on any atom is 0.305 e. The molecule has 29 heavy (non-hydrogen) atoms. The van der Waals surface area contributed by atoms with E-state index < -0.39 is 67.0 Å². The number of imide groups is 1. The number of nitrogens with zero attached hydrogens (tertiary/aromatic N) is 1. The maximum absolute atomic E-state index is 12.6. The van der Waals surface area contributed by atoms with Crippen molar-refractivity contribution in [3.63, 3.8) is 0 Å². The van der Waals surface area contributed by atoms with Gasteiger partial charge >= 0.3 is 17.9 Å². The lowest BCUT2D eigenvalue weighted by Gasteiger charge is -2.45. The number of esters is 3. The summed E-state index contributed by atoms with van der Waals surface area (Å²) in [6.07, 6.45) is -5.85. The summed E-state index contributed by atoms with van der Waals surface area (Å²) in [6.45, 7) is 5.77. The lowest BCUT2D eigenvalue weighted by molar-refractivity contribution is -0.278. The van der Waals surface area contributed by atoms with E-state index in [1.54, 1.807) is 0 Å². The minimum absolute atomic E-state index is 0.162. The smallest absolute Gasteiger partial charge is 0.305 e. The average molecular weight is 413 g/mol. The van der Waals surface area contributed by atoms with Crippen molar-refractivity contribution >= 4 is 29.7 Å². The second-order valence-electron chi connectivity index (χ2n) is 6.74. The molecular formula is C18H23NO10. The van der Waals surface area contributed by atoms with Crippen molar-refractivity contribution in [1.82, 2.24) is 4.90 Å². The van der Waals surface area contributed by atoms with E-state index in [1.165, 1.54) is 13.8 Å². The molecule has 5 unspecified atom stereocenters. The summed E-state index contributed by atoms with van der Waals surface area (Å²) >= 11 is 0. The van der Waals surface area contributed by atoms with E-state index in [9.17, 15) is 29.1 Å². The summed E-state index contributed by atoms with van der Waals surface area (Å²) in [4.78, 5) is 60.1. The van der Waals surface area contributed by atoms with Gasteiger partial charge < -0.3 is 24.1 Å². The van der Waals surface area contributed by atoms with Crippen molar-refractivity contribution in [3.05, 3.63) is 11.1 Å². The van der Waals surface area contributed by atoms with Crippen LogP contribution in [0.5, 0.6) is 0 Å². The van der Waals surface area contributed by atoms with E-state index in [1.807, 2.05) is 0 Å². The van der Waals surface area contributed by atoms with Gasteiger partial charge in [-0.3, -0.25) is 28.9 Å². The first-order valence-corrected chi connectivity index (χ1v) is 8.82. The summed E-state index contributed by atoms with van der Waals surface area (Å²) in [6, 6.07) is -1.48. The Hall–Kier alpha value is -2.79. The van der Waals surface area contributed by atoms with E-state index in [0.717, 1.165) is 25.7 Å². The second-order valence-corrected chi connectivity index (χ2v) is 6.74. The second kappa shape index (κ2) is 8.70. The molecule has 0 saturated carbocycles. The van der Waals surface area contributed by atoms with Crippen LogP contribution < -0.4 is 0 Å². The number of carbonyl (C=O) groups is 5. The molecule has 1 fully saturated rings. The van der Waals surface area contributed by atoms with Crippen molar-refractivity contribution in [2.45, 2.75) is 65.3 Å². The van der Waals surface area contributed by atoms with Gasteiger partial charge in [-0.25, -0.2) is 0 Å². The molecule has 160 valence electrons. The molecule has 0 aromatic rings. The number of amides is 2. The highest BCUT2D eigenvalue weighted by Gasteiger charge is 2.55. The van der Waals surface area contributed by atoms with Crippen molar-refractivity contribution in [2.75, 3.05) is 6.61 Å². The Morgan fingerprint density at radius 3 is 1.93 bits per heavy atom. The van der Waals surface area contributed by atoms with Crippen LogP contribution in [0.4, 0.5) is 0 Å². The Kier molecular flexibility index (Phi) is 6.75. The Balaban J connectivity index is 2.43. The minimum atomic E-state index is -1.68. The molecule has 1 N–H and O–H groups in total. The van der Waals surface area contributed by atoms with Gasteiger partial charge in [-0.15, -0.1) is 0 Å². The number of ether oxygens (including phenoxy) is 4. The number of aliphatic hydroxyl groups is 1. The van der Waals surface area contributed by atoms with Gasteiger partial charge in [0.25, 0.3) is 11.8 Å². The first-order valence-electron chi connectivity index (χ1n) is 8.82. The Bertz CT molecular complexity index is 749. The zero-order valence-electron chi connectivity index (χ0n) is 16.7. The van der Waals surface area contributed by atoms with Crippen molar-refractivity contribution in [1.29, 1.82) is 0 Å².